The third-order valence-electron chi connectivity index (χ3n) is 5.89. The largest absolute Gasteiger partial charge is 0.502 e. The number of phenolic OH excluding ortho intramolecular Hbond substituents is 1. The summed E-state index contributed by atoms with van der Waals surface area (Å²) in [6, 6.07) is 8.95. The Bertz CT molecular complexity index is 1170. The summed E-state index contributed by atoms with van der Waals surface area (Å²) in [5.74, 6) is 1.21. The summed E-state index contributed by atoms with van der Waals surface area (Å²) in [6.45, 7) is 4.77. The molecular weight excluding hydrogens is 432 g/mol. The molecule has 3 rings (SSSR count). The van der Waals surface area contributed by atoms with Crippen molar-refractivity contribution in [3.8, 4) is 23.0 Å². The summed E-state index contributed by atoms with van der Waals surface area (Å²) in [5, 5.41) is 10.9. The van der Waals surface area contributed by atoms with Gasteiger partial charge >= 0.3 is 5.63 Å². The van der Waals surface area contributed by atoms with E-state index in [1.807, 2.05) is 19.1 Å². The Morgan fingerprint density at radius 2 is 1.62 bits per heavy atom. The van der Waals surface area contributed by atoms with E-state index < -0.39 is 5.63 Å². The zero-order valence-corrected chi connectivity index (χ0v) is 20.5. The highest BCUT2D eigenvalue weighted by Gasteiger charge is 2.12. The Labute approximate surface area is 200 Å². The normalized spacial score (nSPS) is 11.3. The van der Waals surface area contributed by atoms with Crippen LogP contribution in [0.4, 0.5) is 0 Å². The molecule has 0 aliphatic heterocycles. The Morgan fingerprint density at radius 3 is 2.29 bits per heavy atom. The number of methoxy groups -OCH3 is 2. The lowest BCUT2D eigenvalue weighted by Gasteiger charge is -2.10. The van der Waals surface area contributed by atoms with Crippen LogP contribution < -0.4 is 19.8 Å². The summed E-state index contributed by atoms with van der Waals surface area (Å²) in [5.41, 5.74) is 2.07. The molecule has 6 nitrogen and oxygen atoms in total. The molecule has 1 heterocycles. The van der Waals surface area contributed by atoms with Crippen molar-refractivity contribution in [2.24, 2.45) is 0 Å². The fraction of sp³-hybridized carbons (Fsp3) is 0.393. The van der Waals surface area contributed by atoms with Crippen molar-refractivity contribution >= 4 is 23.1 Å². The number of hydrogen-bond donors (Lipinski definition) is 1. The molecule has 1 aromatic heterocycles. The molecule has 0 radical (unpaired) electrons. The lowest BCUT2D eigenvalue weighted by Crippen LogP contribution is -2.06. The summed E-state index contributed by atoms with van der Waals surface area (Å²) >= 11 is 0. The van der Waals surface area contributed by atoms with E-state index in [0.717, 1.165) is 23.8 Å². The smallest absolute Gasteiger partial charge is 0.343 e. The third kappa shape index (κ3) is 6.13. The molecule has 0 fully saturated rings. The SMILES string of the molecule is CCCCCCCCOc1ccc2c(C)c(/C=C/c3cc(OC)c(O)c(OC)c3)c(=O)oc2c1. The van der Waals surface area contributed by atoms with Crippen LogP contribution in [0.3, 0.4) is 0 Å². The molecule has 0 atom stereocenters. The minimum absolute atomic E-state index is 0.0712. The average Bonchev–Trinajstić information content (AvgIpc) is 2.83. The number of aromatic hydroxyl groups is 1. The maximum Gasteiger partial charge on any atom is 0.343 e. The Balaban J connectivity index is 1.76. The second kappa shape index (κ2) is 12.2. The molecule has 0 spiro atoms. The van der Waals surface area contributed by atoms with Crippen molar-refractivity contribution in [2.75, 3.05) is 20.8 Å². The number of hydrogen-bond acceptors (Lipinski definition) is 6. The Hall–Kier alpha value is -3.41. The van der Waals surface area contributed by atoms with Gasteiger partial charge in [0.25, 0.3) is 0 Å². The van der Waals surface area contributed by atoms with Gasteiger partial charge in [-0.3, -0.25) is 0 Å². The number of phenols is 1. The maximum atomic E-state index is 12.7. The minimum atomic E-state index is -0.424. The predicted molar refractivity (Wildman–Crippen MR) is 136 cm³/mol. The monoisotopic (exact) mass is 466 g/mol. The molecule has 0 amide bonds. The van der Waals surface area contributed by atoms with Gasteiger partial charge < -0.3 is 23.7 Å². The van der Waals surface area contributed by atoms with Crippen LogP contribution in [0.1, 0.15) is 62.1 Å². The molecule has 6 heteroatoms. The minimum Gasteiger partial charge on any atom is -0.502 e. The van der Waals surface area contributed by atoms with E-state index in [2.05, 4.69) is 6.92 Å². The molecule has 3 aromatic rings. The molecular formula is C28H34O6. The van der Waals surface area contributed by atoms with Gasteiger partial charge in [-0.25, -0.2) is 4.79 Å². The van der Waals surface area contributed by atoms with Gasteiger partial charge in [-0.2, -0.15) is 0 Å². The number of aryl methyl sites for hydroxylation is 1. The number of rotatable bonds is 12. The highest BCUT2D eigenvalue weighted by atomic mass is 16.5. The molecule has 0 saturated heterocycles. The highest BCUT2D eigenvalue weighted by Crippen LogP contribution is 2.37. The standard InChI is InChI=1S/C28H34O6/c1-5-6-7-8-9-10-15-33-21-12-14-22-19(2)23(28(30)34-24(22)18-21)13-11-20-16-25(31-3)27(29)26(17-20)32-4/h11-14,16-18,29H,5-10,15H2,1-4H3/b13-11+. The zero-order valence-electron chi connectivity index (χ0n) is 20.5. The van der Waals surface area contributed by atoms with Gasteiger partial charge in [0.2, 0.25) is 5.75 Å². The van der Waals surface area contributed by atoms with Crippen LogP contribution in [0, 0.1) is 6.92 Å². The quantitative estimate of drug-likeness (QED) is 0.235. The fourth-order valence-electron chi connectivity index (χ4n) is 3.89. The third-order valence-corrected chi connectivity index (χ3v) is 5.89. The molecule has 0 aliphatic carbocycles. The maximum absolute atomic E-state index is 12.7. The van der Waals surface area contributed by atoms with Gasteiger partial charge in [-0.05, 0) is 54.8 Å². The summed E-state index contributed by atoms with van der Waals surface area (Å²) in [7, 11) is 2.94. The molecule has 1 N–H and O–H groups in total. The first-order valence-electron chi connectivity index (χ1n) is 11.8. The van der Waals surface area contributed by atoms with E-state index in [1.54, 1.807) is 30.4 Å². The first-order chi connectivity index (χ1) is 16.5. The van der Waals surface area contributed by atoms with Gasteiger partial charge in [0.15, 0.2) is 11.5 Å². The number of benzene rings is 2. The van der Waals surface area contributed by atoms with Crippen LogP contribution in [0.5, 0.6) is 23.0 Å². The summed E-state index contributed by atoms with van der Waals surface area (Å²) < 4.78 is 21.9. The van der Waals surface area contributed by atoms with E-state index >= 15 is 0 Å². The molecule has 0 saturated carbocycles. The first-order valence-corrected chi connectivity index (χ1v) is 11.8. The van der Waals surface area contributed by atoms with Gasteiger partial charge in [0.05, 0.1) is 26.4 Å². The van der Waals surface area contributed by atoms with Crippen molar-refractivity contribution < 1.29 is 23.7 Å². The second-order valence-corrected chi connectivity index (χ2v) is 8.31. The topological polar surface area (TPSA) is 78.1 Å². The van der Waals surface area contributed by atoms with Crippen LogP contribution in [0.15, 0.2) is 39.5 Å². The van der Waals surface area contributed by atoms with Crippen molar-refractivity contribution in [1.82, 2.24) is 0 Å². The van der Waals surface area contributed by atoms with Gasteiger partial charge in [0.1, 0.15) is 11.3 Å². The first kappa shape index (κ1) is 25.2. The van der Waals surface area contributed by atoms with E-state index in [-0.39, 0.29) is 17.2 Å². The van der Waals surface area contributed by atoms with Crippen molar-refractivity contribution in [3.05, 3.63) is 57.4 Å². The zero-order chi connectivity index (χ0) is 24.5. The van der Waals surface area contributed by atoms with E-state index in [0.29, 0.717) is 29.1 Å². The molecule has 0 bridgehead atoms. The lowest BCUT2D eigenvalue weighted by atomic mass is 10.0. The van der Waals surface area contributed by atoms with Crippen LogP contribution >= 0.6 is 0 Å². The second-order valence-electron chi connectivity index (χ2n) is 8.31. The van der Waals surface area contributed by atoms with Crippen LogP contribution in [-0.4, -0.2) is 25.9 Å². The number of unbranched alkanes of at least 4 members (excludes halogenated alkanes) is 5. The van der Waals surface area contributed by atoms with Crippen molar-refractivity contribution in [3.63, 3.8) is 0 Å². The molecule has 182 valence electrons. The molecule has 34 heavy (non-hydrogen) atoms. The molecule has 0 aliphatic rings. The molecule has 2 aromatic carbocycles. The number of fused-ring (bicyclic) bond motifs is 1. The summed E-state index contributed by atoms with van der Waals surface area (Å²) in [4.78, 5) is 12.7. The number of ether oxygens (including phenoxy) is 3. The van der Waals surface area contributed by atoms with E-state index in [1.165, 1.54) is 39.9 Å². The summed E-state index contributed by atoms with van der Waals surface area (Å²) in [6.07, 6.45) is 10.7. The van der Waals surface area contributed by atoms with E-state index in [9.17, 15) is 9.90 Å². The van der Waals surface area contributed by atoms with Gasteiger partial charge in [0, 0.05) is 11.5 Å². The van der Waals surface area contributed by atoms with Crippen molar-refractivity contribution in [1.29, 1.82) is 0 Å². The molecule has 0 unspecified atom stereocenters. The lowest BCUT2D eigenvalue weighted by molar-refractivity contribution is 0.304. The van der Waals surface area contributed by atoms with Crippen molar-refractivity contribution in [2.45, 2.75) is 52.4 Å². The van der Waals surface area contributed by atoms with Crippen LogP contribution in [0.2, 0.25) is 0 Å². The average molecular weight is 467 g/mol. The van der Waals surface area contributed by atoms with Crippen LogP contribution in [0.25, 0.3) is 23.1 Å². The van der Waals surface area contributed by atoms with Gasteiger partial charge in [-0.1, -0.05) is 45.1 Å². The highest BCUT2D eigenvalue weighted by molar-refractivity contribution is 5.86. The van der Waals surface area contributed by atoms with Crippen LogP contribution in [-0.2, 0) is 0 Å². The van der Waals surface area contributed by atoms with Gasteiger partial charge in [-0.15, -0.1) is 0 Å². The fourth-order valence-corrected chi connectivity index (χ4v) is 3.89. The predicted octanol–water partition coefficient (Wildman–Crippen LogP) is 6.73. The Morgan fingerprint density at radius 1 is 0.941 bits per heavy atom. The Kier molecular flexibility index (Phi) is 9.02. The van der Waals surface area contributed by atoms with E-state index in [4.69, 9.17) is 18.6 Å².